The molecule has 5 aromatic rings. The quantitative estimate of drug-likeness (QED) is 0.0340. The zero-order valence-corrected chi connectivity index (χ0v) is 39.4. The number of aryl methyl sites for hydroxylation is 2. The maximum absolute atomic E-state index is 13.6. The third-order valence-corrected chi connectivity index (χ3v) is 11.3. The van der Waals surface area contributed by atoms with Crippen molar-refractivity contribution in [2.75, 3.05) is 33.0 Å². The number of alkyl halides is 2. The molecule has 0 saturated carbocycles. The highest BCUT2D eigenvalue weighted by atomic mass is 35.5. The fourth-order valence-electron chi connectivity index (χ4n) is 6.68. The van der Waals surface area contributed by atoms with Gasteiger partial charge in [0.2, 0.25) is 12.1 Å². The Morgan fingerprint density at radius 1 is 0.515 bits per heavy atom. The Hall–Kier alpha value is -6.32. The lowest BCUT2D eigenvalue weighted by molar-refractivity contribution is -0.127. The molecule has 0 aliphatic carbocycles. The van der Waals surface area contributed by atoms with Crippen LogP contribution in [-0.4, -0.2) is 59.0 Å². The van der Waals surface area contributed by atoms with Gasteiger partial charge in [-0.25, -0.2) is 0 Å². The van der Waals surface area contributed by atoms with Gasteiger partial charge in [0.1, 0.15) is 11.4 Å². The van der Waals surface area contributed by atoms with Crippen molar-refractivity contribution >= 4 is 116 Å². The molecular weight excluding hydrogens is 926 g/mol. The first-order chi connectivity index (χ1) is 31.7. The lowest BCUT2D eigenvalue weighted by atomic mass is 9.98. The van der Waals surface area contributed by atoms with Gasteiger partial charge in [0.05, 0.1) is 21.2 Å². The van der Waals surface area contributed by atoms with Crippen molar-refractivity contribution in [3.05, 3.63) is 140 Å². The Bertz CT molecular complexity index is 2490. The first-order valence-corrected chi connectivity index (χ1v) is 22.6. The van der Waals surface area contributed by atoms with E-state index in [-0.39, 0.29) is 32.5 Å². The van der Waals surface area contributed by atoms with Crippen molar-refractivity contribution in [3.63, 3.8) is 0 Å². The Labute approximate surface area is 402 Å². The van der Waals surface area contributed by atoms with Gasteiger partial charge in [-0.1, -0.05) is 73.4 Å². The number of carbonyl (C=O) groups is 6. The third-order valence-electron chi connectivity index (χ3n) is 10.1. The molecule has 2 unspecified atom stereocenters. The fraction of sp³-hybridized carbons (Fsp3) is 0.250. The van der Waals surface area contributed by atoms with E-state index in [9.17, 15) is 28.8 Å². The lowest BCUT2D eigenvalue weighted by Gasteiger charge is -2.20. The number of benzene rings is 5. The van der Waals surface area contributed by atoms with Crippen molar-refractivity contribution in [1.82, 2.24) is 0 Å². The number of ketones is 2. The summed E-state index contributed by atoms with van der Waals surface area (Å²) in [4.78, 5) is 79.0. The fourth-order valence-corrected chi connectivity index (χ4v) is 7.62. The normalized spacial score (nSPS) is 12.1. The molecule has 0 aliphatic heterocycles. The highest BCUT2D eigenvalue weighted by Gasteiger charge is 2.28. The van der Waals surface area contributed by atoms with E-state index >= 15 is 0 Å². The van der Waals surface area contributed by atoms with Crippen LogP contribution in [0.5, 0.6) is 0 Å². The summed E-state index contributed by atoms with van der Waals surface area (Å²) in [7, 11) is 0. The van der Waals surface area contributed by atoms with Crippen LogP contribution in [0.15, 0.2) is 118 Å². The Morgan fingerprint density at radius 3 is 1.20 bits per heavy atom. The standard InChI is InChI=1S/C48H46Cl4N8O6/c1-5-33-34(6-2)38(56-48(66)44(28(4)62)60-58-40-12-8-10-36(42(40)52)46(64)54-32-19-15-30(16-20-32)24-26-50)22-21-37(33)55-47(65)43(27(3)61)59-57-39-11-7-9-35(41(39)51)45(63)53-31-17-13-29(14-18-31)23-25-49/h7-22,43-44H,5-6,23-26H2,1-4H3,(H,53,63)(H,54,64)(H,55,65)(H,56,66). The van der Waals surface area contributed by atoms with Gasteiger partial charge in [0.25, 0.3) is 23.6 Å². The van der Waals surface area contributed by atoms with Gasteiger partial charge in [-0.15, -0.1) is 23.2 Å². The monoisotopic (exact) mass is 970 g/mol. The van der Waals surface area contributed by atoms with E-state index in [1.165, 1.54) is 38.1 Å². The van der Waals surface area contributed by atoms with Crippen molar-refractivity contribution in [2.24, 2.45) is 20.5 Å². The molecule has 4 amide bonds. The zero-order chi connectivity index (χ0) is 47.9. The van der Waals surface area contributed by atoms with Crippen LogP contribution in [0.3, 0.4) is 0 Å². The summed E-state index contributed by atoms with van der Waals surface area (Å²) in [6.45, 7) is 6.09. The smallest absolute Gasteiger partial charge is 0.258 e. The summed E-state index contributed by atoms with van der Waals surface area (Å²) in [6.07, 6.45) is 2.17. The second-order valence-corrected chi connectivity index (χ2v) is 16.2. The molecule has 0 fully saturated rings. The van der Waals surface area contributed by atoms with Crippen LogP contribution in [-0.2, 0) is 44.9 Å². The number of halogens is 4. The minimum absolute atomic E-state index is 0.0357. The van der Waals surface area contributed by atoms with Gasteiger partial charge in [-0.05, 0) is 122 Å². The second-order valence-electron chi connectivity index (χ2n) is 14.7. The lowest BCUT2D eigenvalue weighted by Crippen LogP contribution is -2.33. The summed E-state index contributed by atoms with van der Waals surface area (Å²) < 4.78 is 0. The van der Waals surface area contributed by atoms with Crippen LogP contribution in [0, 0.1) is 0 Å². The van der Waals surface area contributed by atoms with Crippen LogP contribution in [0.4, 0.5) is 34.1 Å². The van der Waals surface area contributed by atoms with E-state index in [1.54, 1.807) is 48.5 Å². The summed E-state index contributed by atoms with van der Waals surface area (Å²) in [5.41, 5.74) is 5.45. The number of nitrogens with one attached hydrogen (secondary N) is 4. The van der Waals surface area contributed by atoms with Crippen molar-refractivity contribution < 1.29 is 28.8 Å². The van der Waals surface area contributed by atoms with Gasteiger partial charge in [0.15, 0.2) is 11.6 Å². The molecule has 0 radical (unpaired) electrons. The molecule has 2 atom stereocenters. The molecule has 0 bridgehead atoms. The molecule has 14 nitrogen and oxygen atoms in total. The Balaban J connectivity index is 1.29. The molecule has 0 aliphatic rings. The third kappa shape index (κ3) is 13.2. The maximum atomic E-state index is 13.6. The number of nitrogens with zero attached hydrogens (tertiary/aromatic N) is 4. The number of azo groups is 2. The maximum Gasteiger partial charge on any atom is 0.258 e. The van der Waals surface area contributed by atoms with Crippen LogP contribution >= 0.6 is 46.4 Å². The van der Waals surface area contributed by atoms with E-state index < -0.39 is 47.3 Å². The van der Waals surface area contributed by atoms with Crippen LogP contribution in [0.25, 0.3) is 0 Å². The van der Waals surface area contributed by atoms with Gasteiger partial charge < -0.3 is 21.3 Å². The SMILES string of the molecule is CCc1c(NC(=O)C(N=Nc2cccc(C(=O)Nc3ccc(CCCl)cc3)c2Cl)C(C)=O)ccc(NC(=O)C(N=Nc2cccc(C(=O)Nc3ccc(CCCl)cc3)c2Cl)C(C)=O)c1CC. The first-order valence-electron chi connectivity index (χ1n) is 20.8. The molecule has 66 heavy (non-hydrogen) atoms. The average Bonchev–Trinajstić information content (AvgIpc) is 3.29. The van der Waals surface area contributed by atoms with Gasteiger partial charge in [-0.2, -0.15) is 20.5 Å². The molecule has 4 N–H and O–H groups in total. The van der Waals surface area contributed by atoms with Gasteiger partial charge >= 0.3 is 0 Å². The number of hydrogen-bond donors (Lipinski definition) is 4. The van der Waals surface area contributed by atoms with Crippen LogP contribution in [0.2, 0.25) is 10.0 Å². The number of hydrogen-bond acceptors (Lipinski definition) is 10. The van der Waals surface area contributed by atoms with E-state index in [4.69, 9.17) is 46.4 Å². The molecular formula is C48H46Cl4N8O6. The molecule has 0 spiro atoms. The highest BCUT2D eigenvalue weighted by molar-refractivity contribution is 6.37. The number of amides is 4. The van der Waals surface area contributed by atoms with E-state index in [0.717, 1.165) is 11.1 Å². The van der Waals surface area contributed by atoms with Crippen LogP contribution < -0.4 is 21.3 Å². The molecule has 342 valence electrons. The average molecular weight is 973 g/mol. The van der Waals surface area contributed by atoms with Crippen molar-refractivity contribution in [1.29, 1.82) is 0 Å². The zero-order valence-electron chi connectivity index (χ0n) is 36.4. The number of carbonyl (C=O) groups excluding carboxylic acids is 6. The van der Waals surface area contributed by atoms with Gasteiger partial charge in [0, 0.05) is 34.5 Å². The van der Waals surface area contributed by atoms with E-state index in [2.05, 4.69) is 41.7 Å². The van der Waals surface area contributed by atoms with Crippen molar-refractivity contribution in [2.45, 2.75) is 65.5 Å². The summed E-state index contributed by atoms with van der Waals surface area (Å²) >= 11 is 24.8. The predicted octanol–water partition coefficient (Wildman–Crippen LogP) is 11.5. The molecule has 5 aromatic carbocycles. The van der Waals surface area contributed by atoms with E-state index in [0.29, 0.717) is 71.3 Å². The second kappa shape index (κ2) is 24.3. The topological polar surface area (TPSA) is 200 Å². The summed E-state index contributed by atoms with van der Waals surface area (Å²) in [5.74, 6) is -2.84. The molecule has 0 heterocycles. The first kappa shape index (κ1) is 50.7. The van der Waals surface area contributed by atoms with Crippen LogP contribution in [0.1, 0.15) is 70.7 Å². The number of Topliss-reactive ketones (excluding diaryl/α,β-unsaturated/α-hetero) is 2. The minimum atomic E-state index is -1.58. The Morgan fingerprint density at radius 2 is 0.879 bits per heavy atom. The van der Waals surface area contributed by atoms with E-state index in [1.807, 2.05) is 38.1 Å². The highest BCUT2D eigenvalue weighted by Crippen LogP contribution is 2.33. The number of anilines is 4. The molecule has 0 aromatic heterocycles. The molecule has 18 heteroatoms. The number of rotatable bonds is 20. The largest absolute Gasteiger partial charge is 0.323 e. The predicted molar refractivity (Wildman–Crippen MR) is 261 cm³/mol. The summed E-state index contributed by atoms with van der Waals surface area (Å²) in [5, 5.41) is 27.3. The Kier molecular flexibility index (Phi) is 18.6. The minimum Gasteiger partial charge on any atom is -0.323 e. The van der Waals surface area contributed by atoms with Gasteiger partial charge in [-0.3, -0.25) is 28.8 Å². The molecule has 0 saturated heterocycles. The molecule has 5 rings (SSSR count). The van der Waals surface area contributed by atoms with Crippen molar-refractivity contribution in [3.8, 4) is 0 Å². The summed E-state index contributed by atoms with van der Waals surface area (Å²) in [6, 6.07) is 23.5.